The number of nitrogens with two attached hydrogens (primary N) is 2. The van der Waals surface area contributed by atoms with Crippen LogP contribution in [0.3, 0.4) is 0 Å². The van der Waals surface area contributed by atoms with Crippen molar-refractivity contribution in [3.05, 3.63) is 77.2 Å². The van der Waals surface area contributed by atoms with Crippen LogP contribution in [0, 0.1) is 0 Å². The van der Waals surface area contributed by atoms with Crippen LogP contribution in [0.25, 0.3) is 10.9 Å². The fourth-order valence-corrected chi connectivity index (χ4v) is 6.89. The predicted octanol–water partition coefficient (Wildman–Crippen LogP) is 1.70. The number of aliphatic hydroxyl groups is 1. The Morgan fingerprint density at radius 2 is 1.74 bits per heavy atom. The van der Waals surface area contributed by atoms with Crippen molar-refractivity contribution in [3.63, 3.8) is 0 Å². The number of nitrogens with one attached hydrogen (secondary N) is 2. The van der Waals surface area contributed by atoms with Crippen LogP contribution in [0.4, 0.5) is 11.6 Å². The summed E-state index contributed by atoms with van der Waals surface area (Å²) in [6.45, 7) is 1.43. The average molecular weight is 610 g/mol. The van der Waals surface area contributed by atoms with Gasteiger partial charge in [-0.15, -0.1) is 0 Å². The highest BCUT2D eigenvalue weighted by Crippen LogP contribution is 2.35. The molecule has 13 nitrogen and oxygen atoms in total. The van der Waals surface area contributed by atoms with Gasteiger partial charge in [0.1, 0.15) is 6.23 Å². The standard InChI is InChI=1S/C27H28ClN9O4S/c28-21-23(30)33-22(29)20(32-21)24(38)34-26-31-15-27(35-26)10-12-36(13-11-27)25(39)18-14-37(19-9-5-4-8-17(18)19)42(40,41)16-6-2-1-3-7-16/h1-9,14,25,39H,10-13,15H2,(H4,29,30,33)(H2,31,34,35,38). The van der Waals surface area contributed by atoms with Gasteiger partial charge >= 0.3 is 0 Å². The molecule has 2 aliphatic heterocycles. The zero-order valence-electron chi connectivity index (χ0n) is 22.2. The number of hydrogen-bond donors (Lipinski definition) is 5. The molecular formula is C27H28ClN9O4S. The van der Waals surface area contributed by atoms with E-state index in [4.69, 9.17) is 23.1 Å². The van der Waals surface area contributed by atoms with Crippen molar-refractivity contribution in [1.29, 1.82) is 0 Å². The number of benzene rings is 2. The van der Waals surface area contributed by atoms with Gasteiger partial charge in [-0.25, -0.2) is 22.4 Å². The molecule has 1 atom stereocenters. The summed E-state index contributed by atoms with van der Waals surface area (Å²) in [5.74, 6) is -0.572. The Balaban J connectivity index is 1.15. The summed E-state index contributed by atoms with van der Waals surface area (Å²) in [7, 11) is -3.87. The van der Waals surface area contributed by atoms with Gasteiger partial charge in [0.25, 0.3) is 15.9 Å². The van der Waals surface area contributed by atoms with E-state index in [1.165, 1.54) is 10.2 Å². The van der Waals surface area contributed by atoms with Crippen LogP contribution in [-0.4, -0.2) is 69.4 Å². The molecule has 0 bridgehead atoms. The second-order valence-corrected chi connectivity index (χ2v) is 12.5. The molecule has 1 fully saturated rings. The summed E-state index contributed by atoms with van der Waals surface area (Å²) < 4.78 is 28.2. The van der Waals surface area contributed by atoms with Crippen LogP contribution in [0.15, 0.2) is 70.7 Å². The number of carbonyl (C=O) groups is 1. The van der Waals surface area contributed by atoms with Crippen molar-refractivity contribution in [3.8, 4) is 0 Å². The molecule has 0 radical (unpaired) electrons. The number of aromatic nitrogens is 3. The molecule has 15 heteroatoms. The number of amides is 1. The summed E-state index contributed by atoms with van der Waals surface area (Å²) in [6, 6.07) is 15.3. The van der Waals surface area contributed by atoms with Crippen LogP contribution in [0.5, 0.6) is 0 Å². The lowest BCUT2D eigenvalue weighted by molar-refractivity contribution is -0.0222. The third-order valence-corrected chi connectivity index (χ3v) is 9.63. The monoisotopic (exact) mass is 609 g/mol. The molecule has 42 heavy (non-hydrogen) atoms. The molecule has 218 valence electrons. The number of fused-ring (bicyclic) bond motifs is 1. The maximum Gasteiger partial charge on any atom is 0.280 e. The van der Waals surface area contributed by atoms with Gasteiger partial charge in [-0.1, -0.05) is 48.0 Å². The van der Waals surface area contributed by atoms with Gasteiger partial charge in [-0.05, 0) is 31.0 Å². The largest absolute Gasteiger partial charge is 0.382 e. The van der Waals surface area contributed by atoms with Crippen LogP contribution in [0.1, 0.15) is 35.1 Å². The van der Waals surface area contributed by atoms with Gasteiger partial charge in [-0.2, -0.15) is 0 Å². The van der Waals surface area contributed by atoms with E-state index in [1.807, 2.05) is 17.0 Å². The van der Waals surface area contributed by atoms with E-state index in [-0.39, 0.29) is 33.3 Å². The van der Waals surface area contributed by atoms with E-state index in [0.29, 0.717) is 48.9 Å². The normalized spacial score (nSPS) is 17.6. The number of para-hydroxylation sites is 1. The fraction of sp³-hybridized carbons (Fsp3) is 0.259. The first-order valence-corrected chi connectivity index (χ1v) is 14.9. The minimum atomic E-state index is -3.87. The molecule has 2 aliphatic rings. The molecule has 4 aromatic rings. The quantitative estimate of drug-likeness (QED) is 0.222. The van der Waals surface area contributed by atoms with Gasteiger partial charge in [0.15, 0.2) is 28.4 Å². The topological polar surface area (TPSA) is 194 Å². The highest BCUT2D eigenvalue weighted by Gasteiger charge is 2.41. The first-order valence-electron chi connectivity index (χ1n) is 13.1. The van der Waals surface area contributed by atoms with Crippen molar-refractivity contribution in [2.24, 2.45) is 4.99 Å². The van der Waals surface area contributed by atoms with Gasteiger partial charge in [0.2, 0.25) is 0 Å². The number of aliphatic hydroxyl groups excluding tert-OH is 1. The molecule has 1 saturated heterocycles. The highest BCUT2D eigenvalue weighted by molar-refractivity contribution is 7.90. The minimum Gasteiger partial charge on any atom is -0.382 e. The molecule has 0 saturated carbocycles. The van der Waals surface area contributed by atoms with Gasteiger partial charge in [0.05, 0.1) is 22.5 Å². The molecule has 1 spiro atoms. The van der Waals surface area contributed by atoms with Crippen molar-refractivity contribution in [2.45, 2.75) is 29.5 Å². The number of halogens is 1. The van der Waals surface area contributed by atoms with E-state index in [9.17, 15) is 18.3 Å². The lowest BCUT2D eigenvalue weighted by Crippen LogP contribution is -2.56. The maximum atomic E-state index is 13.5. The van der Waals surface area contributed by atoms with Crippen LogP contribution in [0.2, 0.25) is 5.15 Å². The molecule has 6 rings (SSSR count). The van der Waals surface area contributed by atoms with Gasteiger partial charge < -0.3 is 21.9 Å². The highest BCUT2D eigenvalue weighted by atomic mass is 35.5. The van der Waals surface area contributed by atoms with Crippen LogP contribution < -0.4 is 22.1 Å². The van der Waals surface area contributed by atoms with E-state index < -0.39 is 27.7 Å². The summed E-state index contributed by atoms with van der Waals surface area (Å²) in [5.41, 5.74) is 11.8. The number of piperidine rings is 1. The Labute approximate surface area is 246 Å². The summed E-state index contributed by atoms with van der Waals surface area (Å²) in [4.78, 5) is 27.0. The lowest BCUT2D eigenvalue weighted by Gasteiger charge is -2.41. The Kier molecular flexibility index (Phi) is 7.01. The number of aliphatic imine (C=N–C) groups is 1. The van der Waals surface area contributed by atoms with E-state index in [2.05, 4.69) is 25.6 Å². The molecule has 2 aromatic carbocycles. The van der Waals surface area contributed by atoms with E-state index in [1.54, 1.807) is 42.5 Å². The number of hydrogen-bond acceptors (Lipinski definition) is 11. The molecule has 1 amide bonds. The Morgan fingerprint density at radius 3 is 2.48 bits per heavy atom. The number of nitrogen functional groups attached to an aromatic ring is 2. The molecule has 0 aliphatic carbocycles. The third kappa shape index (κ3) is 4.91. The van der Waals surface area contributed by atoms with E-state index in [0.717, 1.165) is 0 Å². The average Bonchev–Trinajstić information content (AvgIpc) is 3.57. The van der Waals surface area contributed by atoms with Crippen molar-refractivity contribution in [1.82, 2.24) is 29.5 Å². The number of nitrogens with zero attached hydrogens (tertiary/aromatic N) is 5. The van der Waals surface area contributed by atoms with Crippen molar-refractivity contribution < 1.29 is 18.3 Å². The van der Waals surface area contributed by atoms with Crippen LogP contribution in [-0.2, 0) is 10.0 Å². The zero-order valence-corrected chi connectivity index (χ0v) is 23.8. The second kappa shape index (κ2) is 10.5. The van der Waals surface area contributed by atoms with Crippen LogP contribution >= 0.6 is 11.6 Å². The number of guanidine groups is 1. The minimum absolute atomic E-state index is 0.0719. The Bertz CT molecular complexity index is 1820. The first kappa shape index (κ1) is 27.9. The maximum absolute atomic E-state index is 13.5. The lowest BCUT2D eigenvalue weighted by atomic mass is 9.88. The molecular weight excluding hydrogens is 582 g/mol. The number of anilines is 2. The first-order chi connectivity index (χ1) is 20.1. The second-order valence-electron chi connectivity index (χ2n) is 10.3. The number of likely N-dealkylation sites (tertiary alicyclic amines) is 1. The molecule has 4 heterocycles. The molecule has 1 unspecified atom stereocenters. The van der Waals surface area contributed by atoms with Gasteiger partial charge in [-0.3, -0.25) is 20.0 Å². The Morgan fingerprint density at radius 1 is 1.05 bits per heavy atom. The fourth-order valence-electron chi connectivity index (χ4n) is 5.37. The molecule has 2 aromatic heterocycles. The predicted molar refractivity (Wildman–Crippen MR) is 158 cm³/mol. The summed E-state index contributed by atoms with van der Waals surface area (Å²) in [6.07, 6.45) is 1.70. The smallest absolute Gasteiger partial charge is 0.280 e. The number of rotatable bonds is 5. The Hall–Kier alpha value is -4.24. The van der Waals surface area contributed by atoms with E-state index >= 15 is 0 Å². The summed E-state index contributed by atoms with van der Waals surface area (Å²) in [5, 5.41) is 17.9. The summed E-state index contributed by atoms with van der Waals surface area (Å²) >= 11 is 5.89. The SMILES string of the molecule is Nc1nc(N)c(C(=O)NC2=NCC3(CCN(C(O)c4cn(S(=O)(=O)c5ccccc5)c5ccccc45)CC3)N2)nc1Cl. The number of carbonyl (C=O) groups excluding carboxylic acids is 1. The van der Waals surface area contributed by atoms with Crippen molar-refractivity contribution in [2.75, 3.05) is 31.1 Å². The molecule has 7 N–H and O–H groups in total. The van der Waals surface area contributed by atoms with Crippen molar-refractivity contribution >= 4 is 56.0 Å². The zero-order chi connectivity index (χ0) is 29.6. The third-order valence-electron chi connectivity index (χ3n) is 7.66. The van der Waals surface area contributed by atoms with Gasteiger partial charge in [0, 0.05) is 30.2 Å².